The van der Waals surface area contributed by atoms with Crippen LogP contribution in [0, 0.1) is 0 Å². The number of aromatic nitrogens is 2. The van der Waals surface area contributed by atoms with E-state index in [1.165, 1.54) is 11.3 Å². The van der Waals surface area contributed by atoms with Gasteiger partial charge in [0, 0.05) is 23.7 Å². The number of aldehydes is 1. The average molecular weight is 327 g/mol. The first-order valence-corrected chi connectivity index (χ1v) is 8.08. The summed E-state index contributed by atoms with van der Waals surface area (Å²) in [5, 5.41) is 1.99. The Bertz CT molecular complexity index is 928. The number of hydrogen-bond acceptors (Lipinski definition) is 5. The first-order valence-electron chi connectivity index (χ1n) is 7.20. The van der Waals surface area contributed by atoms with Crippen molar-refractivity contribution >= 4 is 34.2 Å². The van der Waals surface area contributed by atoms with Crippen LogP contribution in [0.4, 0.5) is 5.69 Å². The van der Waals surface area contributed by atoms with Crippen LogP contribution in [0.15, 0.2) is 29.8 Å². The second kappa shape index (κ2) is 5.20. The molecule has 7 heteroatoms. The SMILES string of the molecule is CCN1C(=O)COc2ccc(-c3csc4nc(C=O)cn34)cc21. The molecule has 0 saturated carbocycles. The lowest BCUT2D eigenvalue weighted by Crippen LogP contribution is -2.38. The molecule has 116 valence electrons. The van der Waals surface area contributed by atoms with Gasteiger partial charge in [-0.05, 0) is 25.1 Å². The van der Waals surface area contributed by atoms with Crippen molar-refractivity contribution < 1.29 is 14.3 Å². The number of hydrogen-bond donors (Lipinski definition) is 0. The molecule has 0 aliphatic carbocycles. The molecular formula is C16H13N3O3S. The number of benzene rings is 1. The maximum Gasteiger partial charge on any atom is 0.265 e. The fourth-order valence-electron chi connectivity index (χ4n) is 2.77. The largest absolute Gasteiger partial charge is 0.482 e. The minimum Gasteiger partial charge on any atom is -0.482 e. The summed E-state index contributed by atoms with van der Waals surface area (Å²) in [7, 11) is 0. The lowest BCUT2D eigenvalue weighted by Gasteiger charge is -2.28. The van der Waals surface area contributed by atoms with Crippen molar-refractivity contribution in [3.63, 3.8) is 0 Å². The second-order valence-electron chi connectivity index (χ2n) is 5.17. The van der Waals surface area contributed by atoms with Gasteiger partial charge in [0.05, 0.1) is 11.4 Å². The molecule has 0 atom stereocenters. The quantitative estimate of drug-likeness (QED) is 0.694. The van der Waals surface area contributed by atoms with Gasteiger partial charge in [-0.15, -0.1) is 11.3 Å². The van der Waals surface area contributed by atoms with Gasteiger partial charge in [-0.1, -0.05) is 0 Å². The number of thiazole rings is 1. The average Bonchev–Trinajstić information content (AvgIpc) is 3.14. The molecule has 3 heterocycles. The summed E-state index contributed by atoms with van der Waals surface area (Å²) in [4.78, 5) is 29.6. The molecule has 0 bridgehead atoms. The lowest BCUT2D eigenvalue weighted by atomic mass is 10.1. The number of nitrogens with zero attached hydrogens (tertiary/aromatic N) is 3. The van der Waals surface area contributed by atoms with E-state index in [0.717, 1.165) is 28.2 Å². The highest BCUT2D eigenvalue weighted by atomic mass is 32.1. The van der Waals surface area contributed by atoms with E-state index in [1.54, 1.807) is 11.1 Å². The van der Waals surface area contributed by atoms with Crippen molar-refractivity contribution in [2.24, 2.45) is 0 Å². The maximum atomic E-state index is 12.0. The number of carbonyl (C=O) groups excluding carboxylic acids is 2. The second-order valence-corrected chi connectivity index (χ2v) is 6.00. The molecule has 0 radical (unpaired) electrons. The fourth-order valence-corrected chi connectivity index (χ4v) is 3.66. The van der Waals surface area contributed by atoms with Gasteiger partial charge in [-0.3, -0.25) is 14.0 Å². The molecule has 1 amide bonds. The van der Waals surface area contributed by atoms with E-state index >= 15 is 0 Å². The van der Waals surface area contributed by atoms with Crippen LogP contribution in [-0.4, -0.2) is 34.7 Å². The normalized spacial score (nSPS) is 14.0. The molecule has 0 spiro atoms. The fraction of sp³-hybridized carbons (Fsp3) is 0.188. The monoisotopic (exact) mass is 327 g/mol. The minimum absolute atomic E-state index is 0.0431. The van der Waals surface area contributed by atoms with Gasteiger partial charge in [-0.25, -0.2) is 4.98 Å². The molecule has 1 aliphatic rings. The Kier molecular flexibility index (Phi) is 3.16. The van der Waals surface area contributed by atoms with Gasteiger partial charge >= 0.3 is 0 Å². The zero-order valence-electron chi connectivity index (χ0n) is 12.4. The standard InChI is InChI=1S/C16H13N3O3S/c1-2-18-12-5-10(3-4-14(12)22-8-15(18)21)13-9-23-16-17-11(7-20)6-19(13)16/h3-7,9H,2,8H2,1H3. The van der Waals surface area contributed by atoms with E-state index in [0.29, 0.717) is 18.0 Å². The molecule has 0 unspecified atom stereocenters. The summed E-state index contributed by atoms with van der Waals surface area (Å²) in [5.74, 6) is 0.666. The predicted molar refractivity (Wildman–Crippen MR) is 87.4 cm³/mol. The Morgan fingerprint density at radius 1 is 1.43 bits per heavy atom. The van der Waals surface area contributed by atoms with Crippen molar-refractivity contribution in [1.82, 2.24) is 9.38 Å². The van der Waals surface area contributed by atoms with Gasteiger partial charge in [0.15, 0.2) is 17.9 Å². The lowest BCUT2D eigenvalue weighted by molar-refractivity contribution is -0.121. The van der Waals surface area contributed by atoms with E-state index in [9.17, 15) is 9.59 Å². The van der Waals surface area contributed by atoms with Gasteiger partial charge in [0.1, 0.15) is 11.4 Å². The number of ether oxygens (including phenoxy) is 1. The minimum atomic E-state index is -0.0431. The zero-order chi connectivity index (χ0) is 16.0. The van der Waals surface area contributed by atoms with Crippen molar-refractivity contribution in [1.29, 1.82) is 0 Å². The number of anilines is 1. The first-order chi connectivity index (χ1) is 11.2. The Balaban J connectivity index is 1.86. The summed E-state index contributed by atoms with van der Waals surface area (Å²) >= 11 is 1.47. The van der Waals surface area contributed by atoms with Crippen LogP contribution in [0.3, 0.4) is 0 Å². The third-order valence-electron chi connectivity index (χ3n) is 3.86. The third kappa shape index (κ3) is 2.12. The van der Waals surface area contributed by atoms with Crippen LogP contribution < -0.4 is 9.64 Å². The van der Waals surface area contributed by atoms with Crippen LogP contribution in [0.25, 0.3) is 16.2 Å². The van der Waals surface area contributed by atoms with Crippen molar-refractivity contribution in [3.05, 3.63) is 35.5 Å². The molecule has 1 aromatic carbocycles. The number of amides is 1. The van der Waals surface area contributed by atoms with Crippen molar-refractivity contribution in [2.45, 2.75) is 6.92 Å². The van der Waals surface area contributed by atoms with Crippen LogP contribution in [0.2, 0.25) is 0 Å². The van der Waals surface area contributed by atoms with Gasteiger partial charge in [0.25, 0.3) is 5.91 Å². The van der Waals surface area contributed by atoms with Crippen LogP contribution in [0.5, 0.6) is 5.75 Å². The molecule has 3 aromatic rings. The highest BCUT2D eigenvalue weighted by Crippen LogP contribution is 2.37. The summed E-state index contributed by atoms with van der Waals surface area (Å²) < 4.78 is 7.38. The molecule has 6 nitrogen and oxygen atoms in total. The molecule has 0 N–H and O–H groups in total. The number of fused-ring (bicyclic) bond motifs is 2. The van der Waals surface area contributed by atoms with Crippen LogP contribution >= 0.6 is 11.3 Å². The van der Waals surface area contributed by atoms with Crippen LogP contribution in [0.1, 0.15) is 17.4 Å². The Morgan fingerprint density at radius 3 is 3.09 bits per heavy atom. The molecule has 0 fully saturated rings. The summed E-state index contributed by atoms with van der Waals surface area (Å²) in [5.41, 5.74) is 3.06. The van der Waals surface area contributed by atoms with Crippen LogP contribution in [-0.2, 0) is 4.79 Å². The van der Waals surface area contributed by atoms with Crippen molar-refractivity contribution in [3.8, 4) is 17.0 Å². The molecule has 23 heavy (non-hydrogen) atoms. The number of carbonyl (C=O) groups is 2. The van der Waals surface area contributed by atoms with Gasteiger partial charge in [-0.2, -0.15) is 0 Å². The third-order valence-corrected chi connectivity index (χ3v) is 4.70. The number of rotatable bonds is 3. The Labute approximate surface area is 135 Å². The van der Waals surface area contributed by atoms with E-state index in [2.05, 4.69) is 4.98 Å². The zero-order valence-corrected chi connectivity index (χ0v) is 13.2. The Morgan fingerprint density at radius 2 is 2.30 bits per heavy atom. The van der Waals surface area contributed by atoms with E-state index < -0.39 is 0 Å². The highest BCUT2D eigenvalue weighted by molar-refractivity contribution is 7.15. The smallest absolute Gasteiger partial charge is 0.265 e. The van der Waals surface area contributed by atoms with E-state index in [-0.39, 0.29) is 12.5 Å². The number of imidazole rings is 1. The number of likely N-dealkylation sites (N-methyl/N-ethyl adjacent to an activating group) is 1. The summed E-state index contributed by atoms with van der Waals surface area (Å²) in [6, 6.07) is 5.77. The predicted octanol–water partition coefficient (Wildman–Crippen LogP) is 2.62. The molecular weight excluding hydrogens is 314 g/mol. The molecule has 4 rings (SSSR count). The van der Waals surface area contributed by atoms with E-state index in [4.69, 9.17) is 4.74 Å². The summed E-state index contributed by atoms with van der Waals surface area (Å²) in [6.07, 6.45) is 2.45. The van der Waals surface area contributed by atoms with E-state index in [1.807, 2.05) is 34.9 Å². The maximum absolute atomic E-state index is 12.0. The topological polar surface area (TPSA) is 63.9 Å². The highest BCUT2D eigenvalue weighted by Gasteiger charge is 2.25. The van der Waals surface area contributed by atoms with Gasteiger partial charge in [0.2, 0.25) is 0 Å². The Hall–Kier alpha value is -2.67. The first kappa shape index (κ1) is 14.0. The van der Waals surface area contributed by atoms with Crippen molar-refractivity contribution in [2.75, 3.05) is 18.1 Å². The molecule has 0 saturated heterocycles. The molecule has 1 aliphatic heterocycles. The molecule has 2 aromatic heterocycles. The summed E-state index contributed by atoms with van der Waals surface area (Å²) in [6.45, 7) is 2.61. The van der Waals surface area contributed by atoms with Gasteiger partial charge < -0.3 is 9.64 Å².